The van der Waals surface area contributed by atoms with Gasteiger partial charge in [-0.2, -0.15) is 4.98 Å². The molecule has 0 aliphatic rings. The molecule has 1 N–H and O–H groups in total. The van der Waals surface area contributed by atoms with Crippen molar-refractivity contribution in [1.29, 1.82) is 0 Å². The fourth-order valence-electron chi connectivity index (χ4n) is 1.97. The molecule has 7 heteroatoms. The number of rotatable bonds is 8. The Labute approximate surface area is 119 Å². The van der Waals surface area contributed by atoms with Crippen LogP contribution in [0.3, 0.4) is 0 Å². The van der Waals surface area contributed by atoms with Crippen molar-refractivity contribution in [3.8, 4) is 0 Å². The summed E-state index contributed by atoms with van der Waals surface area (Å²) in [6, 6.07) is 0.144. The van der Waals surface area contributed by atoms with Crippen LogP contribution in [0.5, 0.6) is 0 Å². The van der Waals surface area contributed by atoms with Crippen LogP contribution in [0.1, 0.15) is 40.0 Å². The maximum Gasteiger partial charge on any atom is 0.329 e. The topological polar surface area (TPSA) is 84.2 Å². The van der Waals surface area contributed by atoms with Gasteiger partial charge in [-0.15, -0.1) is 0 Å². The highest BCUT2D eigenvalue weighted by molar-refractivity contribution is 5.59. The molecule has 1 rings (SSSR count). The third-order valence-electron chi connectivity index (χ3n) is 3.07. The lowest BCUT2D eigenvalue weighted by molar-refractivity contribution is -0.384. The predicted molar refractivity (Wildman–Crippen MR) is 80.2 cm³/mol. The van der Waals surface area contributed by atoms with Crippen LogP contribution in [0.15, 0.2) is 6.20 Å². The summed E-state index contributed by atoms with van der Waals surface area (Å²) >= 11 is 0. The second-order valence-electron chi connectivity index (χ2n) is 4.90. The third-order valence-corrected chi connectivity index (χ3v) is 3.07. The number of unbranched alkanes of at least 4 members (excludes halogenated alkanes) is 2. The van der Waals surface area contributed by atoms with Gasteiger partial charge in [0.15, 0.2) is 0 Å². The van der Waals surface area contributed by atoms with E-state index in [0.717, 1.165) is 25.8 Å². The van der Waals surface area contributed by atoms with E-state index in [0.29, 0.717) is 11.8 Å². The van der Waals surface area contributed by atoms with Gasteiger partial charge in [0.2, 0.25) is 11.8 Å². The highest BCUT2D eigenvalue weighted by atomic mass is 16.6. The van der Waals surface area contributed by atoms with Crippen molar-refractivity contribution in [3.63, 3.8) is 0 Å². The normalized spacial score (nSPS) is 10.7. The number of anilines is 2. The van der Waals surface area contributed by atoms with E-state index >= 15 is 0 Å². The molecule has 0 aliphatic carbocycles. The summed E-state index contributed by atoms with van der Waals surface area (Å²) in [4.78, 5) is 20.9. The molecule has 0 aliphatic heterocycles. The predicted octanol–water partition coefficient (Wildman–Crippen LogP) is 2.83. The Morgan fingerprint density at radius 1 is 1.45 bits per heavy atom. The Balaban J connectivity index is 3.11. The van der Waals surface area contributed by atoms with E-state index in [4.69, 9.17) is 0 Å². The van der Waals surface area contributed by atoms with Crippen LogP contribution >= 0.6 is 0 Å². The highest BCUT2D eigenvalue weighted by Gasteiger charge is 2.24. The fraction of sp³-hybridized carbons (Fsp3) is 0.692. The number of hydrogen-bond donors (Lipinski definition) is 1. The number of aromatic nitrogens is 2. The number of hydrogen-bond acceptors (Lipinski definition) is 6. The second kappa shape index (κ2) is 7.62. The van der Waals surface area contributed by atoms with Crippen LogP contribution in [0, 0.1) is 10.1 Å². The minimum atomic E-state index is -0.427. The van der Waals surface area contributed by atoms with Crippen LogP contribution in [0.2, 0.25) is 0 Å². The summed E-state index contributed by atoms with van der Waals surface area (Å²) in [5, 5.41) is 14.0. The fourth-order valence-corrected chi connectivity index (χ4v) is 1.97. The Bertz CT molecular complexity index is 450. The lowest BCUT2D eigenvalue weighted by Gasteiger charge is -2.27. The van der Waals surface area contributed by atoms with Gasteiger partial charge in [0.1, 0.15) is 6.20 Å². The van der Waals surface area contributed by atoms with Gasteiger partial charge in [0.25, 0.3) is 0 Å². The van der Waals surface area contributed by atoms with Crippen molar-refractivity contribution in [2.75, 3.05) is 23.8 Å². The third kappa shape index (κ3) is 4.04. The Morgan fingerprint density at radius 3 is 2.65 bits per heavy atom. The van der Waals surface area contributed by atoms with Crippen LogP contribution in [-0.2, 0) is 0 Å². The molecule has 0 fully saturated rings. The van der Waals surface area contributed by atoms with Gasteiger partial charge in [0, 0.05) is 19.6 Å². The summed E-state index contributed by atoms with van der Waals surface area (Å²) in [5.41, 5.74) is -0.0470. The summed E-state index contributed by atoms with van der Waals surface area (Å²) in [7, 11) is 1.70. The van der Waals surface area contributed by atoms with E-state index in [1.54, 1.807) is 7.05 Å². The molecule has 0 atom stereocenters. The first-order chi connectivity index (χ1) is 9.51. The number of nitrogens with one attached hydrogen (secondary N) is 1. The largest absolute Gasteiger partial charge is 0.357 e. The van der Waals surface area contributed by atoms with Crippen molar-refractivity contribution in [2.24, 2.45) is 0 Å². The molecule has 1 aromatic rings. The molecule has 1 heterocycles. The molecule has 0 radical (unpaired) electrons. The summed E-state index contributed by atoms with van der Waals surface area (Å²) in [5.74, 6) is 0.784. The van der Waals surface area contributed by atoms with E-state index in [1.165, 1.54) is 6.20 Å². The van der Waals surface area contributed by atoms with Crippen molar-refractivity contribution < 1.29 is 4.92 Å². The monoisotopic (exact) mass is 281 g/mol. The molecule has 1 aromatic heterocycles. The molecule has 0 saturated heterocycles. The maximum absolute atomic E-state index is 11.2. The number of nitro groups is 1. The average Bonchev–Trinajstić information content (AvgIpc) is 2.42. The standard InChI is InChI=1S/C13H23N5O2/c1-5-6-7-8-17(10(2)3)12-11(18(19)20)9-15-13(14-4)16-12/h9-10H,5-8H2,1-4H3,(H,14,15,16). The van der Waals surface area contributed by atoms with E-state index < -0.39 is 4.92 Å². The van der Waals surface area contributed by atoms with Gasteiger partial charge < -0.3 is 10.2 Å². The minimum absolute atomic E-state index is 0.0470. The Hall–Kier alpha value is -1.92. The SMILES string of the molecule is CCCCCN(c1nc(NC)ncc1[N+](=O)[O-])C(C)C. The zero-order valence-corrected chi connectivity index (χ0v) is 12.6. The van der Waals surface area contributed by atoms with Gasteiger partial charge in [-0.25, -0.2) is 4.98 Å². The smallest absolute Gasteiger partial charge is 0.329 e. The van der Waals surface area contributed by atoms with Gasteiger partial charge in [-0.05, 0) is 20.3 Å². The van der Waals surface area contributed by atoms with E-state index in [1.807, 2.05) is 18.7 Å². The summed E-state index contributed by atoms with van der Waals surface area (Å²) in [6.45, 7) is 6.91. The lowest BCUT2D eigenvalue weighted by Crippen LogP contribution is -2.33. The zero-order valence-electron chi connectivity index (χ0n) is 12.6. The molecule has 0 saturated carbocycles. The molecule has 7 nitrogen and oxygen atoms in total. The molecule has 0 unspecified atom stereocenters. The Morgan fingerprint density at radius 2 is 2.15 bits per heavy atom. The molecule has 0 bridgehead atoms. The quantitative estimate of drug-likeness (QED) is 0.448. The van der Waals surface area contributed by atoms with E-state index in [2.05, 4.69) is 22.2 Å². The molecular formula is C13H23N5O2. The van der Waals surface area contributed by atoms with Gasteiger partial charge in [0.05, 0.1) is 4.92 Å². The van der Waals surface area contributed by atoms with Crippen molar-refractivity contribution >= 4 is 17.5 Å². The first-order valence-electron chi connectivity index (χ1n) is 6.97. The van der Waals surface area contributed by atoms with Gasteiger partial charge in [-0.3, -0.25) is 10.1 Å². The average molecular weight is 281 g/mol. The molecule has 0 amide bonds. The van der Waals surface area contributed by atoms with Crippen molar-refractivity contribution in [1.82, 2.24) is 9.97 Å². The van der Waals surface area contributed by atoms with Crippen LogP contribution in [0.25, 0.3) is 0 Å². The summed E-state index contributed by atoms with van der Waals surface area (Å²) in [6.07, 6.45) is 4.47. The van der Waals surface area contributed by atoms with Crippen LogP contribution in [-0.4, -0.2) is 34.5 Å². The number of nitrogens with zero attached hydrogens (tertiary/aromatic N) is 4. The maximum atomic E-state index is 11.2. The molecule has 112 valence electrons. The summed E-state index contributed by atoms with van der Waals surface area (Å²) < 4.78 is 0. The molecule has 20 heavy (non-hydrogen) atoms. The highest BCUT2D eigenvalue weighted by Crippen LogP contribution is 2.28. The first-order valence-corrected chi connectivity index (χ1v) is 6.97. The van der Waals surface area contributed by atoms with Crippen molar-refractivity contribution in [2.45, 2.75) is 46.1 Å². The zero-order chi connectivity index (χ0) is 15.1. The van der Waals surface area contributed by atoms with E-state index in [9.17, 15) is 10.1 Å². The van der Waals surface area contributed by atoms with Crippen molar-refractivity contribution in [3.05, 3.63) is 16.3 Å². The van der Waals surface area contributed by atoms with Crippen LogP contribution < -0.4 is 10.2 Å². The first kappa shape index (κ1) is 16.1. The van der Waals surface area contributed by atoms with Crippen LogP contribution in [0.4, 0.5) is 17.5 Å². The van der Waals surface area contributed by atoms with Gasteiger partial charge >= 0.3 is 5.69 Å². The molecule has 0 spiro atoms. The van der Waals surface area contributed by atoms with Gasteiger partial charge in [-0.1, -0.05) is 19.8 Å². The lowest BCUT2D eigenvalue weighted by atomic mass is 10.2. The molecular weight excluding hydrogens is 258 g/mol. The molecule has 0 aromatic carbocycles. The second-order valence-corrected chi connectivity index (χ2v) is 4.90. The minimum Gasteiger partial charge on any atom is -0.357 e. The van der Waals surface area contributed by atoms with E-state index in [-0.39, 0.29) is 11.7 Å². The Kier molecular flexibility index (Phi) is 6.14.